The van der Waals surface area contributed by atoms with Crippen molar-refractivity contribution in [2.45, 2.75) is 12.8 Å². The molecule has 0 bridgehead atoms. The van der Waals surface area contributed by atoms with Crippen LogP contribution in [0.5, 0.6) is 11.5 Å². The maximum atomic E-state index is 6.11. The second-order valence-electron chi connectivity index (χ2n) is 9.00. The highest BCUT2D eigenvalue weighted by Crippen LogP contribution is 2.28. The van der Waals surface area contributed by atoms with Crippen LogP contribution < -0.4 is 20.1 Å². The van der Waals surface area contributed by atoms with E-state index in [1.54, 1.807) is 20.4 Å². The molecule has 2 N–H and O–H groups in total. The van der Waals surface area contributed by atoms with Crippen molar-refractivity contribution in [3.05, 3.63) is 90.1 Å². The predicted octanol–water partition coefficient (Wildman–Crippen LogP) is 7.33. The summed E-state index contributed by atoms with van der Waals surface area (Å²) in [5.41, 5.74) is 5.61. The van der Waals surface area contributed by atoms with Crippen molar-refractivity contribution in [3.8, 4) is 34.0 Å². The number of aromatic nitrogens is 3. The zero-order valence-corrected chi connectivity index (χ0v) is 22.7. The summed E-state index contributed by atoms with van der Waals surface area (Å²) in [4.78, 5) is 14.0. The van der Waals surface area contributed by atoms with Gasteiger partial charge in [0.25, 0.3) is 0 Å². The Bertz CT molecular complexity index is 1480. The van der Waals surface area contributed by atoms with Crippen LogP contribution in [-0.2, 0) is 0 Å². The van der Waals surface area contributed by atoms with E-state index in [9.17, 15) is 0 Å². The van der Waals surface area contributed by atoms with Gasteiger partial charge in [-0.2, -0.15) is 0 Å². The van der Waals surface area contributed by atoms with Crippen molar-refractivity contribution >= 4 is 34.1 Å². The Hall–Kier alpha value is -4.36. The summed E-state index contributed by atoms with van der Waals surface area (Å²) in [6.07, 6.45) is 3.74. The summed E-state index contributed by atoms with van der Waals surface area (Å²) in [6, 6.07) is 25.5. The minimum atomic E-state index is 0.596. The molecular formula is C31H30ClN5O2. The normalized spacial score (nSPS) is 10.8. The Balaban J connectivity index is 1.25. The minimum absolute atomic E-state index is 0.596. The summed E-state index contributed by atoms with van der Waals surface area (Å²) in [5, 5.41) is 8.70. The van der Waals surface area contributed by atoms with Crippen molar-refractivity contribution in [1.29, 1.82) is 0 Å². The third-order valence-corrected chi connectivity index (χ3v) is 6.64. The molecule has 5 aromatic rings. The number of fused-ring (bicyclic) bond motifs is 1. The number of rotatable bonds is 11. The molecular weight excluding hydrogens is 510 g/mol. The van der Waals surface area contributed by atoms with Crippen LogP contribution in [0.25, 0.3) is 33.4 Å². The van der Waals surface area contributed by atoms with Crippen LogP contribution in [0.2, 0.25) is 5.02 Å². The van der Waals surface area contributed by atoms with E-state index in [0.29, 0.717) is 11.0 Å². The largest absolute Gasteiger partial charge is 0.497 e. The van der Waals surface area contributed by atoms with Crippen LogP contribution in [-0.4, -0.2) is 42.3 Å². The first-order valence-corrected chi connectivity index (χ1v) is 13.2. The summed E-state index contributed by atoms with van der Waals surface area (Å²) in [7, 11) is 3.32. The number of benzene rings is 3. The number of hydrogen-bond donors (Lipinski definition) is 2. The van der Waals surface area contributed by atoms with E-state index in [1.807, 2.05) is 78.9 Å². The van der Waals surface area contributed by atoms with Crippen LogP contribution in [0.1, 0.15) is 12.8 Å². The van der Waals surface area contributed by atoms with Gasteiger partial charge in [-0.05, 0) is 91.7 Å². The molecule has 0 atom stereocenters. The molecule has 0 saturated carbocycles. The number of unbranched alkanes of at least 4 members (excludes halogenated alkanes) is 1. The lowest BCUT2D eigenvalue weighted by Gasteiger charge is -2.12. The van der Waals surface area contributed by atoms with Crippen molar-refractivity contribution < 1.29 is 9.47 Å². The number of anilines is 2. The Morgan fingerprint density at radius 3 is 1.87 bits per heavy atom. The molecule has 0 saturated heterocycles. The average molecular weight is 540 g/mol. The number of pyridine rings is 1. The Morgan fingerprint density at radius 1 is 0.692 bits per heavy atom. The maximum Gasteiger partial charge on any atom is 0.223 e. The Morgan fingerprint density at radius 2 is 1.28 bits per heavy atom. The molecule has 0 aliphatic carbocycles. The molecule has 0 fully saturated rings. The number of ether oxygens (including phenoxy) is 2. The monoisotopic (exact) mass is 539 g/mol. The molecule has 3 aromatic carbocycles. The molecule has 198 valence electrons. The highest BCUT2D eigenvalue weighted by atomic mass is 35.5. The SMILES string of the molecule is COc1ccc(-c2cc(-c3ccc(OC)cc3)nc(NCCCCNc3ccnc4cc(Cl)ccc34)n2)cc1. The van der Waals surface area contributed by atoms with Crippen molar-refractivity contribution in [2.75, 3.05) is 37.9 Å². The number of nitrogens with one attached hydrogen (secondary N) is 2. The molecule has 0 aliphatic heterocycles. The number of nitrogens with zero attached hydrogens (tertiary/aromatic N) is 3. The van der Waals surface area contributed by atoms with Gasteiger partial charge in [-0.1, -0.05) is 11.6 Å². The van der Waals surface area contributed by atoms with Crippen molar-refractivity contribution in [1.82, 2.24) is 15.0 Å². The fourth-order valence-corrected chi connectivity index (χ4v) is 4.46. The lowest BCUT2D eigenvalue weighted by atomic mass is 10.1. The van der Waals surface area contributed by atoms with Crippen LogP contribution in [0, 0.1) is 0 Å². The summed E-state index contributed by atoms with van der Waals surface area (Å²) < 4.78 is 10.6. The molecule has 7 nitrogen and oxygen atoms in total. The molecule has 0 spiro atoms. The Labute approximate surface area is 233 Å². The van der Waals surface area contributed by atoms with Gasteiger partial charge >= 0.3 is 0 Å². The first-order valence-electron chi connectivity index (χ1n) is 12.8. The Kier molecular flexibility index (Phi) is 8.39. The van der Waals surface area contributed by atoms with E-state index in [1.165, 1.54) is 0 Å². The number of hydrogen-bond acceptors (Lipinski definition) is 7. The molecule has 2 heterocycles. The van der Waals surface area contributed by atoms with E-state index < -0.39 is 0 Å². The lowest BCUT2D eigenvalue weighted by molar-refractivity contribution is 0.415. The van der Waals surface area contributed by atoms with Gasteiger partial charge in [0, 0.05) is 46.5 Å². The van der Waals surface area contributed by atoms with Gasteiger partial charge < -0.3 is 20.1 Å². The summed E-state index contributed by atoms with van der Waals surface area (Å²) in [6.45, 7) is 1.59. The van der Waals surface area contributed by atoms with Gasteiger partial charge in [0.15, 0.2) is 0 Å². The van der Waals surface area contributed by atoms with Gasteiger partial charge in [-0.3, -0.25) is 4.98 Å². The fraction of sp³-hybridized carbons (Fsp3) is 0.194. The topological polar surface area (TPSA) is 81.2 Å². The average Bonchev–Trinajstić information content (AvgIpc) is 2.98. The quantitative estimate of drug-likeness (QED) is 0.170. The van der Waals surface area contributed by atoms with E-state index >= 15 is 0 Å². The predicted molar refractivity (Wildman–Crippen MR) is 159 cm³/mol. The first kappa shape index (κ1) is 26.3. The summed E-state index contributed by atoms with van der Waals surface area (Å²) >= 11 is 6.11. The fourth-order valence-electron chi connectivity index (χ4n) is 4.29. The molecule has 0 radical (unpaired) electrons. The molecule has 39 heavy (non-hydrogen) atoms. The van der Waals surface area contributed by atoms with Gasteiger partial charge in [-0.15, -0.1) is 0 Å². The van der Waals surface area contributed by atoms with E-state index in [-0.39, 0.29) is 0 Å². The van der Waals surface area contributed by atoms with Gasteiger partial charge in [0.05, 0.1) is 31.1 Å². The highest BCUT2D eigenvalue weighted by molar-refractivity contribution is 6.31. The second-order valence-corrected chi connectivity index (χ2v) is 9.44. The molecule has 0 aliphatic rings. The van der Waals surface area contributed by atoms with Crippen LogP contribution in [0.15, 0.2) is 85.1 Å². The second kappa shape index (κ2) is 12.5. The van der Waals surface area contributed by atoms with Crippen LogP contribution in [0.4, 0.5) is 11.6 Å². The lowest BCUT2D eigenvalue weighted by Crippen LogP contribution is -2.09. The zero-order valence-electron chi connectivity index (χ0n) is 21.9. The minimum Gasteiger partial charge on any atom is -0.497 e. The van der Waals surface area contributed by atoms with E-state index in [2.05, 4.69) is 15.6 Å². The molecule has 5 rings (SSSR count). The standard InChI is InChI=1S/C31H30ClN5O2/c1-38-24-10-5-21(6-11-24)28-20-29(22-7-12-25(39-2)13-8-22)37-31(36-28)35-17-4-3-16-33-27-15-18-34-30-19-23(32)9-14-26(27)30/h5-15,18-20H,3-4,16-17H2,1-2H3,(H,33,34)(H,35,36,37). The van der Waals surface area contributed by atoms with Crippen LogP contribution >= 0.6 is 11.6 Å². The molecule has 8 heteroatoms. The van der Waals surface area contributed by atoms with E-state index in [0.717, 1.165) is 76.5 Å². The number of halogens is 1. The van der Waals surface area contributed by atoms with Gasteiger partial charge in [0.1, 0.15) is 11.5 Å². The molecule has 2 aromatic heterocycles. The molecule has 0 amide bonds. The van der Waals surface area contributed by atoms with Crippen molar-refractivity contribution in [2.24, 2.45) is 0 Å². The van der Waals surface area contributed by atoms with Gasteiger partial charge in [-0.25, -0.2) is 9.97 Å². The summed E-state index contributed by atoms with van der Waals surface area (Å²) in [5.74, 6) is 2.21. The third kappa shape index (κ3) is 6.56. The molecule has 0 unspecified atom stereocenters. The van der Waals surface area contributed by atoms with Gasteiger partial charge in [0.2, 0.25) is 5.95 Å². The smallest absolute Gasteiger partial charge is 0.223 e. The maximum absolute atomic E-state index is 6.11. The highest BCUT2D eigenvalue weighted by Gasteiger charge is 2.10. The number of methoxy groups -OCH3 is 2. The van der Waals surface area contributed by atoms with Crippen molar-refractivity contribution in [3.63, 3.8) is 0 Å². The zero-order chi connectivity index (χ0) is 27.0. The first-order chi connectivity index (χ1) is 19.1. The van der Waals surface area contributed by atoms with Crippen LogP contribution in [0.3, 0.4) is 0 Å². The van der Waals surface area contributed by atoms with E-state index in [4.69, 9.17) is 31.0 Å². The third-order valence-electron chi connectivity index (χ3n) is 6.40.